The summed E-state index contributed by atoms with van der Waals surface area (Å²) in [6.45, 7) is 0.904. The van der Waals surface area contributed by atoms with Crippen LogP contribution in [-0.2, 0) is 0 Å². The van der Waals surface area contributed by atoms with Crippen LogP contribution in [0.2, 0.25) is 0 Å². The normalized spacial score (nSPS) is 13.4. The van der Waals surface area contributed by atoms with E-state index in [4.69, 9.17) is 4.74 Å². The molecule has 1 aliphatic heterocycles. The van der Waals surface area contributed by atoms with Gasteiger partial charge in [-0.1, -0.05) is 28.1 Å². The maximum absolute atomic E-state index is 14.4. The zero-order valence-electron chi connectivity index (χ0n) is 12.1. The summed E-state index contributed by atoms with van der Waals surface area (Å²) in [6, 6.07) is 13.0. The third-order valence-electron chi connectivity index (χ3n) is 3.42. The van der Waals surface area contributed by atoms with Crippen LogP contribution in [0.5, 0.6) is 5.75 Å². The number of benzene rings is 2. The Labute approximate surface area is 142 Å². The van der Waals surface area contributed by atoms with Crippen molar-refractivity contribution in [1.82, 2.24) is 0 Å². The molecule has 0 spiro atoms. The average molecular weight is 383 g/mol. The highest BCUT2D eigenvalue weighted by Crippen LogP contribution is 2.49. The molecule has 3 rings (SSSR count). The fraction of sp³-hybridized carbons (Fsp3) is 0.250. The molecule has 0 aliphatic carbocycles. The van der Waals surface area contributed by atoms with Gasteiger partial charge in [-0.05, 0) is 30.7 Å². The van der Waals surface area contributed by atoms with Crippen molar-refractivity contribution in [3.05, 3.63) is 48.3 Å². The van der Waals surface area contributed by atoms with Crippen molar-refractivity contribution in [2.45, 2.75) is 6.42 Å². The Kier molecular flexibility index (Phi) is 4.78. The topological polar surface area (TPSA) is 15.7 Å². The molecule has 3 nitrogen and oxygen atoms in total. The summed E-state index contributed by atoms with van der Waals surface area (Å²) in [5.74, 6) is 0.235. The molecule has 0 saturated heterocycles. The Morgan fingerprint density at radius 2 is 1.91 bits per heavy atom. The molecule has 0 atom stereocenters. The predicted octanol–water partition coefficient (Wildman–Crippen LogP) is 5.14. The van der Waals surface area contributed by atoms with Gasteiger partial charge >= 0.3 is 0 Å². The molecule has 2 aromatic carbocycles. The first-order valence-electron chi connectivity index (χ1n) is 6.99. The highest BCUT2D eigenvalue weighted by atomic mass is 79.9. The van der Waals surface area contributed by atoms with E-state index in [9.17, 15) is 4.39 Å². The van der Waals surface area contributed by atoms with Gasteiger partial charge in [0.1, 0.15) is 5.75 Å². The van der Waals surface area contributed by atoms with Gasteiger partial charge in [0.15, 0.2) is 5.82 Å². The van der Waals surface area contributed by atoms with Gasteiger partial charge < -0.3 is 4.74 Å². The van der Waals surface area contributed by atoms with Crippen LogP contribution in [0.15, 0.2) is 42.5 Å². The minimum absolute atomic E-state index is 0.288. The molecule has 0 N–H and O–H groups in total. The Balaban J connectivity index is 1.95. The molecule has 0 radical (unpaired) electrons. The molecule has 116 valence electrons. The zero-order chi connectivity index (χ0) is 15.5. The summed E-state index contributed by atoms with van der Waals surface area (Å²) in [4.78, 5) is 0. The maximum Gasteiger partial charge on any atom is 0.151 e. The lowest BCUT2D eigenvalue weighted by Crippen LogP contribution is -2.15. The monoisotopic (exact) mass is 382 g/mol. The van der Waals surface area contributed by atoms with E-state index in [-0.39, 0.29) is 5.82 Å². The van der Waals surface area contributed by atoms with Gasteiger partial charge in [-0.2, -0.15) is 0 Å². The molecule has 0 fully saturated rings. The first-order valence-corrected chi connectivity index (χ1v) is 8.84. The van der Waals surface area contributed by atoms with Gasteiger partial charge in [0.2, 0.25) is 0 Å². The van der Waals surface area contributed by atoms with E-state index in [1.165, 1.54) is 25.3 Å². The maximum atomic E-state index is 14.4. The summed E-state index contributed by atoms with van der Waals surface area (Å²) < 4.78 is 23.6. The molecule has 6 heteroatoms. The van der Waals surface area contributed by atoms with Crippen LogP contribution in [0.3, 0.4) is 0 Å². The van der Waals surface area contributed by atoms with Crippen molar-refractivity contribution in [3.8, 4) is 5.75 Å². The number of hydrogen-bond donors (Lipinski definition) is 0. The number of hydrogen-bond acceptors (Lipinski definition) is 4. The molecule has 0 unspecified atom stereocenters. The van der Waals surface area contributed by atoms with Crippen LogP contribution < -0.4 is 13.3 Å². The highest BCUT2D eigenvalue weighted by Gasteiger charge is 2.29. The molecule has 1 heterocycles. The second-order valence-electron chi connectivity index (χ2n) is 4.83. The van der Waals surface area contributed by atoms with E-state index >= 15 is 0 Å². The SMILES string of the molecule is COc1ccc(N2SN(CCCBr)c3ccccc32)c(F)c1. The number of anilines is 3. The van der Waals surface area contributed by atoms with Gasteiger partial charge in [-0.25, -0.2) is 4.39 Å². The number of ether oxygens (including phenoxy) is 1. The van der Waals surface area contributed by atoms with Crippen LogP contribution in [0, 0.1) is 5.82 Å². The van der Waals surface area contributed by atoms with Gasteiger partial charge in [0.25, 0.3) is 0 Å². The average Bonchev–Trinajstić information content (AvgIpc) is 2.91. The highest BCUT2D eigenvalue weighted by molar-refractivity contribution is 9.09. The van der Waals surface area contributed by atoms with Gasteiger partial charge in [0, 0.05) is 17.9 Å². The summed E-state index contributed by atoms with van der Waals surface area (Å²) in [5, 5.41) is 0.948. The first-order chi connectivity index (χ1) is 10.7. The summed E-state index contributed by atoms with van der Waals surface area (Å²) in [6.07, 6.45) is 1.03. The lowest BCUT2D eigenvalue weighted by molar-refractivity contribution is 0.411. The minimum Gasteiger partial charge on any atom is -0.497 e. The molecule has 2 aromatic rings. The van der Waals surface area contributed by atoms with E-state index in [0.29, 0.717) is 11.4 Å². The fourth-order valence-electron chi connectivity index (χ4n) is 2.35. The lowest BCUT2D eigenvalue weighted by Gasteiger charge is -2.20. The van der Waals surface area contributed by atoms with E-state index < -0.39 is 0 Å². The van der Waals surface area contributed by atoms with Gasteiger partial charge in [-0.15, -0.1) is 0 Å². The Bertz CT molecular complexity index is 670. The Hall–Kier alpha value is -1.40. The second kappa shape index (κ2) is 6.79. The van der Waals surface area contributed by atoms with Crippen molar-refractivity contribution in [3.63, 3.8) is 0 Å². The number of halogens is 2. The van der Waals surface area contributed by atoms with Crippen LogP contribution in [0.1, 0.15) is 6.42 Å². The van der Waals surface area contributed by atoms with Crippen molar-refractivity contribution < 1.29 is 9.13 Å². The summed E-state index contributed by atoms with van der Waals surface area (Å²) in [5.41, 5.74) is 2.66. The lowest BCUT2D eigenvalue weighted by atomic mass is 10.2. The molecular weight excluding hydrogens is 367 g/mol. The number of nitrogens with zero attached hydrogens (tertiary/aromatic N) is 2. The molecule has 1 aliphatic rings. The second-order valence-corrected chi connectivity index (χ2v) is 6.59. The third-order valence-corrected chi connectivity index (χ3v) is 5.11. The minimum atomic E-state index is -0.288. The van der Waals surface area contributed by atoms with Crippen LogP contribution in [-0.4, -0.2) is 19.0 Å². The predicted molar refractivity (Wildman–Crippen MR) is 94.9 cm³/mol. The van der Waals surface area contributed by atoms with Crippen LogP contribution >= 0.6 is 28.1 Å². The Morgan fingerprint density at radius 3 is 2.59 bits per heavy atom. The molecular formula is C16H16BrFN2OS. The first kappa shape index (κ1) is 15.5. The quantitative estimate of drug-likeness (QED) is 0.525. The van der Waals surface area contributed by atoms with Crippen molar-refractivity contribution in [2.24, 2.45) is 0 Å². The van der Waals surface area contributed by atoms with Crippen molar-refractivity contribution >= 4 is 45.1 Å². The summed E-state index contributed by atoms with van der Waals surface area (Å²) >= 11 is 4.99. The van der Waals surface area contributed by atoms with Gasteiger partial charge in [-0.3, -0.25) is 8.61 Å². The van der Waals surface area contributed by atoms with E-state index in [2.05, 4.69) is 26.3 Å². The number of rotatable bonds is 5. The summed E-state index contributed by atoms with van der Waals surface area (Å²) in [7, 11) is 1.54. The van der Waals surface area contributed by atoms with Crippen LogP contribution in [0.4, 0.5) is 21.5 Å². The fourth-order valence-corrected chi connectivity index (χ4v) is 3.73. The Morgan fingerprint density at radius 1 is 1.14 bits per heavy atom. The molecule has 22 heavy (non-hydrogen) atoms. The van der Waals surface area contributed by atoms with E-state index in [1.807, 2.05) is 22.5 Å². The number of methoxy groups -OCH3 is 1. The number of para-hydroxylation sites is 2. The molecule has 0 amide bonds. The van der Waals surface area contributed by atoms with Crippen molar-refractivity contribution in [2.75, 3.05) is 27.6 Å². The molecule has 0 saturated carbocycles. The van der Waals surface area contributed by atoms with Crippen LogP contribution in [0.25, 0.3) is 0 Å². The number of alkyl halides is 1. The number of fused-ring (bicyclic) bond motifs is 1. The van der Waals surface area contributed by atoms with E-state index in [0.717, 1.165) is 29.7 Å². The van der Waals surface area contributed by atoms with E-state index in [1.54, 1.807) is 12.1 Å². The van der Waals surface area contributed by atoms with Gasteiger partial charge in [0.05, 0.1) is 36.3 Å². The molecule has 0 aromatic heterocycles. The smallest absolute Gasteiger partial charge is 0.151 e. The third kappa shape index (κ3) is 2.90. The largest absolute Gasteiger partial charge is 0.497 e. The standard InChI is InChI=1S/C16H16BrFN2OS/c1-21-12-7-8-14(13(18)11-12)20-16-6-3-2-5-15(16)19(22-20)10-4-9-17/h2-3,5-8,11H,4,9-10H2,1H3. The molecule has 0 bridgehead atoms. The van der Waals surface area contributed by atoms with Crippen molar-refractivity contribution in [1.29, 1.82) is 0 Å². The zero-order valence-corrected chi connectivity index (χ0v) is 14.5.